The molecule has 1 N–H and O–H groups in total. The van der Waals surface area contributed by atoms with Crippen molar-refractivity contribution in [3.05, 3.63) is 70.7 Å². The van der Waals surface area contributed by atoms with Crippen LogP contribution >= 0.6 is 0 Å². The Morgan fingerprint density at radius 2 is 2.23 bits per heavy atom. The van der Waals surface area contributed by atoms with E-state index in [-0.39, 0.29) is 23.8 Å². The summed E-state index contributed by atoms with van der Waals surface area (Å²) in [5.74, 6) is -0.535. The number of carbonyl (C=O) groups excluding carboxylic acids is 1. The van der Waals surface area contributed by atoms with E-state index in [0.717, 1.165) is 0 Å². The third kappa shape index (κ3) is 3.85. The van der Waals surface area contributed by atoms with Gasteiger partial charge in [-0.3, -0.25) is 14.2 Å². The molecule has 8 heteroatoms. The van der Waals surface area contributed by atoms with Crippen LogP contribution in [0.25, 0.3) is 11.0 Å². The number of hydrogen-bond donors (Lipinski definition) is 1. The predicted octanol–water partition coefficient (Wildman–Crippen LogP) is 1.47. The van der Waals surface area contributed by atoms with Crippen LogP contribution in [0.3, 0.4) is 0 Å². The lowest BCUT2D eigenvalue weighted by atomic mass is 10.2. The number of fused-ring (bicyclic) bond motifs is 1. The molecule has 2 aromatic heterocycles. The molecule has 134 valence electrons. The lowest BCUT2D eigenvalue weighted by molar-refractivity contribution is -0.116. The molecule has 0 radical (unpaired) electrons. The SMILES string of the molecule is CC=CC(=O)NCCn1ncc2c(=O)n(Cc3cccc(F)c3)cnc21. The van der Waals surface area contributed by atoms with Gasteiger partial charge in [0.2, 0.25) is 5.91 Å². The van der Waals surface area contributed by atoms with Gasteiger partial charge >= 0.3 is 0 Å². The Kier molecular flexibility index (Phi) is 5.21. The van der Waals surface area contributed by atoms with Gasteiger partial charge in [-0.05, 0) is 30.7 Å². The van der Waals surface area contributed by atoms with E-state index in [9.17, 15) is 14.0 Å². The molecule has 0 unspecified atom stereocenters. The summed E-state index contributed by atoms with van der Waals surface area (Å²) in [5.41, 5.74) is 0.876. The molecular formula is C18H18FN5O2. The molecular weight excluding hydrogens is 337 g/mol. The minimum absolute atomic E-state index is 0.186. The number of amides is 1. The zero-order valence-electron chi connectivity index (χ0n) is 14.2. The van der Waals surface area contributed by atoms with Crippen LogP contribution in [-0.4, -0.2) is 31.8 Å². The highest BCUT2D eigenvalue weighted by Crippen LogP contribution is 2.08. The molecule has 1 aromatic carbocycles. The van der Waals surface area contributed by atoms with E-state index in [0.29, 0.717) is 29.7 Å². The third-order valence-corrected chi connectivity index (χ3v) is 3.81. The normalized spacial score (nSPS) is 11.3. The summed E-state index contributed by atoms with van der Waals surface area (Å²) in [7, 11) is 0. The van der Waals surface area contributed by atoms with Gasteiger partial charge in [0.05, 0.1) is 19.3 Å². The predicted molar refractivity (Wildman–Crippen MR) is 95.1 cm³/mol. The van der Waals surface area contributed by atoms with Crippen molar-refractivity contribution in [3.8, 4) is 0 Å². The first-order chi connectivity index (χ1) is 12.6. The second kappa shape index (κ2) is 7.73. The molecule has 0 aliphatic carbocycles. The highest BCUT2D eigenvalue weighted by molar-refractivity contribution is 5.87. The standard InChI is InChI=1S/C18H18FN5O2/c1-2-4-16(25)20-7-8-24-17-15(10-22-24)18(26)23(12-21-17)11-13-5-3-6-14(19)9-13/h2-6,9-10,12H,7-8,11H2,1H3,(H,20,25). The fraction of sp³-hybridized carbons (Fsp3) is 0.222. The Morgan fingerprint density at radius 3 is 3.00 bits per heavy atom. The molecule has 0 aliphatic heterocycles. The van der Waals surface area contributed by atoms with Crippen molar-refractivity contribution < 1.29 is 9.18 Å². The van der Waals surface area contributed by atoms with Gasteiger partial charge in [0.25, 0.3) is 5.56 Å². The molecule has 7 nitrogen and oxygen atoms in total. The molecule has 2 heterocycles. The maximum atomic E-state index is 13.3. The van der Waals surface area contributed by atoms with E-state index >= 15 is 0 Å². The number of hydrogen-bond acceptors (Lipinski definition) is 4. The molecule has 3 aromatic rings. The largest absolute Gasteiger partial charge is 0.351 e. The van der Waals surface area contributed by atoms with Gasteiger partial charge in [0.1, 0.15) is 17.5 Å². The van der Waals surface area contributed by atoms with Crippen LogP contribution in [0.1, 0.15) is 12.5 Å². The van der Waals surface area contributed by atoms with Gasteiger partial charge in [-0.15, -0.1) is 0 Å². The molecule has 0 atom stereocenters. The van der Waals surface area contributed by atoms with Crippen molar-refractivity contribution in [2.75, 3.05) is 6.54 Å². The first-order valence-corrected chi connectivity index (χ1v) is 8.14. The van der Waals surface area contributed by atoms with E-state index in [4.69, 9.17) is 0 Å². The first-order valence-electron chi connectivity index (χ1n) is 8.14. The van der Waals surface area contributed by atoms with Crippen molar-refractivity contribution in [2.45, 2.75) is 20.0 Å². The van der Waals surface area contributed by atoms with E-state index < -0.39 is 0 Å². The number of nitrogens with zero attached hydrogens (tertiary/aromatic N) is 4. The van der Waals surface area contributed by atoms with E-state index in [1.165, 1.54) is 35.3 Å². The minimum atomic E-state index is -0.350. The van der Waals surface area contributed by atoms with Crippen molar-refractivity contribution in [1.29, 1.82) is 0 Å². The minimum Gasteiger partial charge on any atom is -0.351 e. The average molecular weight is 355 g/mol. The summed E-state index contributed by atoms with van der Waals surface area (Å²) in [6.45, 7) is 2.75. The zero-order chi connectivity index (χ0) is 18.5. The van der Waals surface area contributed by atoms with Gasteiger partial charge in [-0.1, -0.05) is 18.2 Å². The number of benzene rings is 1. The second-order valence-electron chi connectivity index (χ2n) is 5.70. The molecule has 0 spiro atoms. The van der Waals surface area contributed by atoms with Gasteiger partial charge in [0, 0.05) is 6.54 Å². The lowest BCUT2D eigenvalue weighted by Gasteiger charge is -2.07. The van der Waals surface area contributed by atoms with E-state index in [2.05, 4.69) is 15.4 Å². The van der Waals surface area contributed by atoms with Crippen LogP contribution in [0.5, 0.6) is 0 Å². The van der Waals surface area contributed by atoms with Gasteiger partial charge in [-0.25, -0.2) is 14.1 Å². The summed E-state index contributed by atoms with van der Waals surface area (Å²) in [5, 5.41) is 7.27. The van der Waals surface area contributed by atoms with E-state index in [1.54, 1.807) is 29.8 Å². The van der Waals surface area contributed by atoms with Crippen LogP contribution in [-0.2, 0) is 17.9 Å². The Morgan fingerprint density at radius 1 is 1.38 bits per heavy atom. The van der Waals surface area contributed by atoms with Crippen LogP contribution in [0.4, 0.5) is 4.39 Å². The van der Waals surface area contributed by atoms with Crippen molar-refractivity contribution in [1.82, 2.24) is 24.6 Å². The molecule has 26 heavy (non-hydrogen) atoms. The molecule has 0 aliphatic rings. The quantitative estimate of drug-likeness (QED) is 0.679. The Bertz CT molecular complexity index is 1020. The Hall–Kier alpha value is -3.29. The summed E-state index contributed by atoms with van der Waals surface area (Å²) in [6, 6.07) is 6.08. The number of nitrogens with one attached hydrogen (secondary N) is 1. The smallest absolute Gasteiger partial charge is 0.264 e. The second-order valence-corrected chi connectivity index (χ2v) is 5.70. The van der Waals surface area contributed by atoms with Gasteiger partial charge in [-0.2, -0.15) is 5.10 Å². The third-order valence-electron chi connectivity index (χ3n) is 3.81. The number of aromatic nitrogens is 4. The van der Waals surface area contributed by atoms with Crippen LogP contribution in [0.15, 0.2) is 53.7 Å². The summed E-state index contributed by atoms with van der Waals surface area (Å²) >= 11 is 0. The van der Waals surface area contributed by atoms with E-state index in [1.807, 2.05) is 0 Å². The summed E-state index contributed by atoms with van der Waals surface area (Å²) < 4.78 is 16.3. The molecule has 0 saturated carbocycles. The highest BCUT2D eigenvalue weighted by atomic mass is 19.1. The Labute approximate surface area is 148 Å². The monoisotopic (exact) mass is 355 g/mol. The highest BCUT2D eigenvalue weighted by Gasteiger charge is 2.10. The molecule has 1 amide bonds. The van der Waals surface area contributed by atoms with Gasteiger partial charge in [0.15, 0.2) is 5.65 Å². The van der Waals surface area contributed by atoms with Gasteiger partial charge < -0.3 is 5.32 Å². The van der Waals surface area contributed by atoms with Crippen LogP contribution < -0.4 is 10.9 Å². The topological polar surface area (TPSA) is 81.8 Å². The fourth-order valence-electron chi connectivity index (χ4n) is 2.60. The van der Waals surface area contributed by atoms with Crippen LogP contribution in [0.2, 0.25) is 0 Å². The summed E-state index contributed by atoms with van der Waals surface area (Å²) in [4.78, 5) is 28.3. The maximum Gasteiger partial charge on any atom is 0.264 e. The maximum absolute atomic E-state index is 13.3. The number of allylic oxidation sites excluding steroid dienone is 1. The molecule has 0 saturated heterocycles. The van der Waals surface area contributed by atoms with Crippen molar-refractivity contribution in [2.24, 2.45) is 0 Å². The van der Waals surface area contributed by atoms with Crippen molar-refractivity contribution >= 4 is 16.9 Å². The average Bonchev–Trinajstić information content (AvgIpc) is 3.02. The van der Waals surface area contributed by atoms with Crippen molar-refractivity contribution in [3.63, 3.8) is 0 Å². The number of rotatable bonds is 6. The summed E-state index contributed by atoms with van der Waals surface area (Å²) in [6.07, 6.45) is 5.97. The number of halogens is 1. The molecule has 0 bridgehead atoms. The first kappa shape index (κ1) is 17.5. The number of carbonyl (C=O) groups is 1. The molecule has 3 rings (SSSR count). The molecule has 0 fully saturated rings. The zero-order valence-corrected chi connectivity index (χ0v) is 14.2. The van der Waals surface area contributed by atoms with Crippen LogP contribution in [0, 0.1) is 5.82 Å². The fourth-order valence-corrected chi connectivity index (χ4v) is 2.60. The lowest BCUT2D eigenvalue weighted by Crippen LogP contribution is -2.26. The Balaban J connectivity index is 1.78.